The second kappa shape index (κ2) is 7.39. The Labute approximate surface area is 133 Å². The molecule has 1 unspecified atom stereocenters. The Hall–Kier alpha value is -1.48. The van der Waals surface area contributed by atoms with E-state index in [-0.39, 0.29) is 23.8 Å². The van der Waals surface area contributed by atoms with Crippen molar-refractivity contribution in [3.05, 3.63) is 34.9 Å². The fourth-order valence-electron chi connectivity index (χ4n) is 1.72. The molecule has 0 bridgehead atoms. The molecule has 0 aliphatic carbocycles. The zero-order valence-electron chi connectivity index (χ0n) is 11.7. The highest BCUT2D eigenvalue weighted by atomic mass is 32.2. The van der Waals surface area contributed by atoms with Gasteiger partial charge >= 0.3 is 12.1 Å². The first-order valence-corrected chi connectivity index (χ1v) is 7.83. The quantitative estimate of drug-likeness (QED) is 0.472. The highest BCUT2D eigenvalue weighted by Crippen LogP contribution is 2.26. The van der Waals surface area contributed by atoms with Gasteiger partial charge in [0.15, 0.2) is 0 Å². The van der Waals surface area contributed by atoms with Crippen LogP contribution in [-0.4, -0.2) is 52.7 Å². The minimum atomic E-state index is -5.16. The Bertz CT molecular complexity index is 676. The molecule has 0 spiro atoms. The third kappa shape index (κ3) is 5.91. The maximum Gasteiger partial charge on any atom is 0.426 e. The molecule has 4 radical (unpaired) electrons. The van der Waals surface area contributed by atoms with E-state index in [1.54, 1.807) is 0 Å². The number of rotatable bonds is 6. The smallest absolute Gasteiger partial charge is 0.426 e. The van der Waals surface area contributed by atoms with Crippen LogP contribution in [0.3, 0.4) is 0 Å². The molecule has 0 saturated heterocycles. The summed E-state index contributed by atoms with van der Waals surface area (Å²) in [7, 11) is 5.83. The monoisotopic (exact) mass is 346 g/mol. The summed E-state index contributed by atoms with van der Waals surface area (Å²) < 4.78 is 72.2. The number of hydrogen-bond acceptors (Lipinski definition) is 4. The third-order valence-corrected chi connectivity index (χ3v) is 3.55. The first-order valence-electron chi connectivity index (χ1n) is 6.22. The average Bonchev–Trinajstić information content (AvgIpc) is 2.43. The Morgan fingerprint density at radius 2 is 1.87 bits per heavy atom. The number of ether oxygens (including phenoxy) is 1. The normalized spacial score (nSPS) is 13.6. The Kier molecular flexibility index (Phi) is 6.29. The third-order valence-electron chi connectivity index (χ3n) is 2.82. The van der Waals surface area contributed by atoms with Crippen LogP contribution >= 0.6 is 0 Å². The second-order valence-corrected chi connectivity index (χ2v) is 6.08. The number of alkyl halides is 3. The van der Waals surface area contributed by atoms with Crippen molar-refractivity contribution in [1.29, 1.82) is 0 Å². The number of halogens is 3. The second-order valence-electron chi connectivity index (χ2n) is 4.58. The summed E-state index contributed by atoms with van der Waals surface area (Å²) in [6.45, 7) is 0. The first-order chi connectivity index (χ1) is 10.5. The molecule has 11 heteroatoms. The van der Waals surface area contributed by atoms with Crippen molar-refractivity contribution >= 4 is 31.8 Å². The predicted molar refractivity (Wildman–Crippen MR) is 77.0 cm³/mol. The van der Waals surface area contributed by atoms with E-state index in [1.807, 2.05) is 0 Å². The summed E-state index contributed by atoms with van der Waals surface area (Å²) in [5.74, 6) is -3.19. The Balaban J connectivity index is 3.08. The number of hydrogen-bond donors (Lipinski definition) is 1. The van der Waals surface area contributed by atoms with Crippen LogP contribution in [0.1, 0.15) is 21.5 Å². The number of esters is 1. The minimum absolute atomic E-state index is 0.135. The molecule has 5 nitrogen and oxygen atoms in total. The van der Waals surface area contributed by atoms with Crippen molar-refractivity contribution in [3.8, 4) is 0 Å². The van der Waals surface area contributed by atoms with Crippen LogP contribution in [0.5, 0.6) is 0 Å². The molecule has 1 atom stereocenters. The Morgan fingerprint density at radius 3 is 2.30 bits per heavy atom. The van der Waals surface area contributed by atoms with Gasteiger partial charge in [0, 0.05) is 0 Å². The van der Waals surface area contributed by atoms with Gasteiger partial charge in [0.25, 0.3) is 10.1 Å². The van der Waals surface area contributed by atoms with Gasteiger partial charge in [-0.15, -0.1) is 0 Å². The zero-order chi connectivity index (χ0) is 17.8. The van der Waals surface area contributed by atoms with Gasteiger partial charge in [-0.2, -0.15) is 21.6 Å². The largest absolute Gasteiger partial charge is 0.448 e. The minimum Gasteiger partial charge on any atom is -0.448 e. The molecular weight excluding hydrogens is 335 g/mol. The molecule has 1 aromatic rings. The van der Waals surface area contributed by atoms with Gasteiger partial charge in [0.2, 0.25) is 6.10 Å². The number of carbonyl (C=O) groups excluding carboxylic acids is 1. The maximum absolute atomic E-state index is 12.7. The van der Waals surface area contributed by atoms with Gasteiger partial charge in [-0.1, -0.05) is 30.3 Å². The molecule has 0 aliphatic rings. The molecule has 0 heterocycles. The van der Waals surface area contributed by atoms with Crippen molar-refractivity contribution in [3.63, 3.8) is 0 Å². The van der Waals surface area contributed by atoms with Crippen LogP contribution in [0.15, 0.2) is 18.2 Å². The van der Waals surface area contributed by atoms with Crippen LogP contribution in [0.2, 0.25) is 0 Å². The van der Waals surface area contributed by atoms with E-state index in [0.717, 1.165) is 0 Å². The maximum atomic E-state index is 12.7. The molecule has 0 saturated carbocycles. The van der Waals surface area contributed by atoms with Crippen LogP contribution in [0, 0.1) is 0 Å². The van der Waals surface area contributed by atoms with E-state index < -0.39 is 34.1 Å². The van der Waals surface area contributed by atoms with Gasteiger partial charge in [-0.3, -0.25) is 4.55 Å². The summed E-state index contributed by atoms with van der Waals surface area (Å²) in [4.78, 5) is 11.9. The van der Waals surface area contributed by atoms with Crippen LogP contribution < -0.4 is 0 Å². The summed E-state index contributed by atoms with van der Waals surface area (Å²) in [5.41, 5.74) is 0.562. The summed E-state index contributed by atoms with van der Waals surface area (Å²) >= 11 is 0. The molecule has 122 valence electrons. The van der Waals surface area contributed by atoms with Crippen molar-refractivity contribution in [2.24, 2.45) is 0 Å². The Morgan fingerprint density at radius 1 is 1.26 bits per heavy atom. The lowest BCUT2D eigenvalue weighted by molar-refractivity contribution is -0.197. The van der Waals surface area contributed by atoms with E-state index in [4.69, 9.17) is 20.2 Å². The van der Waals surface area contributed by atoms with Gasteiger partial charge in [-0.25, -0.2) is 4.79 Å². The van der Waals surface area contributed by atoms with E-state index in [1.165, 1.54) is 18.2 Å². The summed E-state index contributed by atoms with van der Waals surface area (Å²) in [6.07, 6.45) is -8.18. The molecule has 0 aromatic heterocycles. The van der Waals surface area contributed by atoms with Crippen molar-refractivity contribution in [2.45, 2.75) is 24.9 Å². The number of carbonyl (C=O) groups is 1. The van der Waals surface area contributed by atoms with Gasteiger partial charge < -0.3 is 4.74 Å². The van der Waals surface area contributed by atoms with Crippen molar-refractivity contribution in [1.82, 2.24) is 0 Å². The van der Waals surface area contributed by atoms with Crippen molar-refractivity contribution < 1.29 is 35.7 Å². The van der Waals surface area contributed by atoms with Gasteiger partial charge in [0.05, 0.1) is 21.3 Å². The first kappa shape index (κ1) is 19.6. The van der Waals surface area contributed by atoms with E-state index in [9.17, 15) is 26.4 Å². The lowest BCUT2D eigenvalue weighted by Gasteiger charge is -2.20. The molecule has 0 fully saturated rings. The highest BCUT2D eigenvalue weighted by Gasteiger charge is 2.45. The number of benzene rings is 1. The topological polar surface area (TPSA) is 80.7 Å². The summed E-state index contributed by atoms with van der Waals surface area (Å²) in [6, 6.07) is 4.02. The molecule has 23 heavy (non-hydrogen) atoms. The molecule has 1 aromatic carbocycles. The molecule has 0 aliphatic heterocycles. The molecule has 0 amide bonds. The zero-order valence-corrected chi connectivity index (χ0v) is 12.5. The molecule has 1 rings (SSSR count). The highest BCUT2D eigenvalue weighted by molar-refractivity contribution is 7.85. The molecular formula is C12H11B2F3O5S. The van der Waals surface area contributed by atoms with Gasteiger partial charge in [-0.05, 0) is 11.6 Å². The van der Waals surface area contributed by atoms with E-state index in [2.05, 4.69) is 4.74 Å². The molecule has 1 N–H and O–H groups in total. The van der Waals surface area contributed by atoms with E-state index >= 15 is 0 Å². The summed E-state index contributed by atoms with van der Waals surface area (Å²) in [5, 5.41) is 0. The fourth-order valence-corrected chi connectivity index (χ4v) is 2.36. The SMILES string of the molecule is [B]Cc1ccc(C(=O)OC(CS(=O)(=O)O)C(F)(F)F)c(C[B])c1. The van der Waals surface area contributed by atoms with E-state index in [0.29, 0.717) is 5.56 Å². The van der Waals surface area contributed by atoms with Gasteiger partial charge in [0.1, 0.15) is 5.75 Å². The lowest BCUT2D eigenvalue weighted by atomic mass is 9.88. The predicted octanol–water partition coefficient (Wildman–Crippen LogP) is 0.999. The van der Waals surface area contributed by atoms with Crippen LogP contribution in [0.25, 0.3) is 0 Å². The lowest BCUT2D eigenvalue weighted by Crippen LogP contribution is -2.39. The van der Waals surface area contributed by atoms with Crippen molar-refractivity contribution in [2.75, 3.05) is 5.75 Å². The fraction of sp³-hybridized carbons (Fsp3) is 0.417. The average molecular weight is 346 g/mol. The standard InChI is InChI=1S/C12H11B2F3O5S/c13-4-7-1-2-9(8(3-7)5-14)11(18)22-10(12(15,16)17)6-23(19,20)21/h1-3,10H,4-6H2,(H,19,20,21). The van der Waals surface area contributed by atoms with Crippen LogP contribution in [0.4, 0.5) is 13.2 Å². The van der Waals surface area contributed by atoms with Crippen LogP contribution in [-0.2, 0) is 27.5 Å².